The Bertz CT molecular complexity index is 600. The smallest absolute Gasteiger partial charge is 0.253 e. The molecule has 0 radical (unpaired) electrons. The van der Waals surface area contributed by atoms with Crippen molar-refractivity contribution in [1.82, 2.24) is 5.32 Å². The van der Waals surface area contributed by atoms with Crippen LogP contribution in [-0.4, -0.2) is 23.9 Å². The number of rotatable bonds is 3. The van der Waals surface area contributed by atoms with E-state index in [1.807, 2.05) is 0 Å². The van der Waals surface area contributed by atoms with Gasteiger partial charge >= 0.3 is 0 Å². The van der Waals surface area contributed by atoms with E-state index in [1.165, 1.54) is 0 Å². The molecule has 1 fully saturated rings. The lowest BCUT2D eigenvalue weighted by molar-refractivity contribution is -0.136. The van der Waals surface area contributed by atoms with Gasteiger partial charge in [-0.05, 0) is 25.0 Å². The van der Waals surface area contributed by atoms with Gasteiger partial charge in [0.05, 0.1) is 5.69 Å². The van der Waals surface area contributed by atoms with Crippen LogP contribution in [0, 0.1) is 17.5 Å². The van der Waals surface area contributed by atoms with Crippen LogP contribution in [0.5, 0.6) is 0 Å². The molecular weight excluding hydrogens is 285 g/mol. The maximum Gasteiger partial charge on any atom is 0.253 e. The molecule has 7 heteroatoms. The molecule has 0 unspecified atom stereocenters. The Labute approximate surface area is 119 Å². The summed E-state index contributed by atoms with van der Waals surface area (Å²) in [6.07, 6.45) is 0.631. The van der Waals surface area contributed by atoms with E-state index >= 15 is 0 Å². The summed E-state index contributed by atoms with van der Waals surface area (Å²) in [5.74, 6) is -5.48. The molecule has 0 atom stereocenters. The monoisotopic (exact) mass is 300 g/mol. The minimum Gasteiger partial charge on any atom is -0.340 e. The van der Waals surface area contributed by atoms with Crippen molar-refractivity contribution in [3.63, 3.8) is 0 Å². The van der Waals surface area contributed by atoms with E-state index in [0.717, 1.165) is 17.0 Å². The number of amides is 2. The molecule has 0 spiro atoms. The molecule has 1 heterocycles. The van der Waals surface area contributed by atoms with Gasteiger partial charge < -0.3 is 5.32 Å². The third-order valence-electron chi connectivity index (χ3n) is 3.85. The number of hydrogen-bond acceptors (Lipinski definition) is 2. The summed E-state index contributed by atoms with van der Waals surface area (Å²) >= 11 is 0. The van der Waals surface area contributed by atoms with Crippen molar-refractivity contribution in [2.24, 2.45) is 0 Å². The van der Waals surface area contributed by atoms with E-state index < -0.39 is 47.0 Å². The van der Waals surface area contributed by atoms with Crippen LogP contribution in [0.3, 0.4) is 0 Å². The van der Waals surface area contributed by atoms with Crippen molar-refractivity contribution >= 4 is 17.5 Å². The summed E-state index contributed by atoms with van der Waals surface area (Å²) in [4.78, 5) is 25.2. The van der Waals surface area contributed by atoms with Crippen molar-refractivity contribution in [3.05, 3.63) is 29.6 Å². The summed E-state index contributed by atoms with van der Waals surface area (Å²) in [5.41, 5.74) is -1.58. The molecule has 1 aromatic rings. The van der Waals surface area contributed by atoms with Gasteiger partial charge in [-0.25, -0.2) is 13.2 Å². The number of nitrogens with zero attached hydrogens (tertiary/aromatic N) is 1. The fraction of sp³-hybridized carbons (Fsp3) is 0.429. The largest absolute Gasteiger partial charge is 0.340 e. The molecule has 1 N–H and O–H groups in total. The van der Waals surface area contributed by atoms with Crippen molar-refractivity contribution in [3.8, 4) is 0 Å². The second-order valence-electron chi connectivity index (χ2n) is 4.92. The first kappa shape index (κ1) is 15.3. The fourth-order valence-electron chi connectivity index (χ4n) is 2.48. The van der Waals surface area contributed by atoms with Gasteiger partial charge in [0.25, 0.3) is 5.91 Å². The standard InChI is InChI=1S/C14H15F3N2O2/c1-3-14(4-2)13(21)19(7-10(20)18-14)9-6-5-8(15)11(16)12(9)17/h5-6H,3-4,7H2,1-2H3,(H,18,20). The molecule has 1 aliphatic rings. The van der Waals surface area contributed by atoms with Gasteiger partial charge in [0.2, 0.25) is 5.91 Å². The van der Waals surface area contributed by atoms with E-state index in [-0.39, 0.29) is 0 Å². The first-order valence-corrected chi connectivity index (χ1v) is 6.62. The summed E-state index contributed by atoms with van der Waals surface area (Å²) in [6.45, 7) is 3.00. The topological polar surface area (TPSA) is 49.4 Å². The predicted molar refractivity (Wildman–Crippen MR) is 70.1 cm³/mol. The van der Waals surface area contributed by atoms with Crippen LogP contribution in [0.1, 0.15) is 26.7 Å². The van der Waals surface area contributed by atoms with Crippen LogP contribution < -0.4 is 10.2 Å². The Morgan fingerprint density at radius 1 is 1.14 bits per heavy atom. The maximum atomic E-state index is 13.9. The highest BCUT2D eigenvalue weighted by atomic mass is 19.2. The zero-order valence-electron chi connectivity index (χ0n) is 11.7. The zero-order chi connectivity index (χ0) is 15.8. The normalized spacial score (nSPS) is 17.9. The predicted octanol–water partition coefficient (Wildman–Crippen LogP) is 2.13. The number of hydrogen-bond donors (Lipinski definition) is 1. The second kappa shape index (κ2) is 5.38. The number of benzene rings is 1. The van der Waals surface area contributed by atoms with Gasteiger partial charge in [-0.1, -0.05) is 13.8 Å². The molecule has 0 saturated carbocycles. The number of anilines is 1. The quantitative estimate of drug-likeness (QED) is 0.869. The minimum atomic E-state index is -1.66. The van der Waals surface area contributed by atoms with Gasteiger partial charge in [-0.2, -0.15) is 0 Å². The molecule has 0 aliphatic carbocycles. The Kier molecular flexibility index (Phi) is 3.93. The van der Waals surface area contributed by atoms with E-state index in [9.17, 15) is 22.8 Å². The summed E-state index contributed by atoms with van der Waals surface area (Å²) in [6, 6.07) is 1.69. The molecule has 0 aromatic heterocycles. The lowest BCUT2D eigenvalue weighted by Gasteiger charge is -2.41. The van der Waals surface area contributed by atoms with Crippen molar-refractivity contribution in [2.75, 3.05) is 11.4 Å². The second-order valence-corrected chi connectivity index (χ2v) is 4.92. The summed E-state index contributed by atoms with van der Waals surface area (Å²) in [7, 11) is 0. The van der Waals surface area contributed by atoms with E-state index in [0.29, 0.717) is 12.8 Å². The molecule has 4 nitrogen and oxygen atoms in total. The van der Waals surface area contributed by atoms with Gasteiger partial charge in [0, 0.05) is 0 Å². The van der Waals surface area contributed by atoms with Gasteiger partial charge in [0.1, 0.15) is 12.1 Å². The third-order valence-corrected chi connectivity index (χ3v) is 3.85. The Balaban J connectivity index is 2.51. The highest BCUT2D eigenvalue weighted by molar-refractivity contribution is 6.09. The van der Waals surface area contributed by atoms with Crippen LogP contribution in [0.15, 0.2) is 12.1 Å². The van der Waals surface area contributed by atoms with E-state index in [1.54, 1.807) is 13.8 Å². The summed E-state index contributed by atoms with van der Waals surface area (Å²) < 4.78 is 40.2. The van der Waals surface area contributed by atoms with Crippen LogP contribution in [0.2, 0.25) is 0 Å². The minimum absolute atomic E-state index is 0.315. The average Bonchev–Trinajstić information content (AvgIpc) is 2.47. The van der Waals surface area contributed by atoms with E-state index in [2.05, 4.69) is 5.32 Å². The van der Waals surface area contributed by atoms with Crippen LogP contribution in [-0.2, 0) is 9.59 Å². The lowest BCUT2D eigenvalue weighted by Crippen LogP contribution is -2.66. The molecule has 1 saturated heterocycles. The average molecular weight is 300 g/mol. The number of nitrogens with one attached hydrogen (secondary N) is 1. The van der Waals surface area contributed by atoms with Gasteiger partial charge in [-0.3, -0.25) is 14.5 Å². The number of piperazine rings is 1. The number of halogens is 3. The van der Waals surface area contributed by atoms with Crippen molar-refractivity contribution in [2.45, 2.75) is 32.2 Å². The van der Waals surface area contributed by atoms with Crippen molar-refractivity contribution < 1.29 is 22.8 Å². The number of carbonyl (C=O) groups excluding carboxylic acids is 2. The highest BCUT2D eigenvalue weighted by Crippen LogP contribution is 2.30. The van der Waals surface area contributed by atoms with Crippen molar-refractivity contribution in [1.29, 1.82) is 0 Å². The molecule has 21 heavy (non-hydrogen) atoms. The van der Waals surface area contributed by atoms with Gasteiger partial charge in [-0.15, -0.1) is 0 Å². The Morgan fingerprint density at radius 2 is 1.76 bits per heavy atom. The van der Waals surface area contributed by atoms with Gasteiger partial charge in [0.15, 0.2) is 17.5 Å². The highest BCUT2D eigenvalue weighted by Gasteiger charge is 2.45. The Morgan fingerprint density at radius 3 is 2.33 bits per heavy atom. The molecule has 2 amide bonds. The van der Waals surface area contributed by atoms with E-state index in [4.69, 9.17) is 0 Å². The SMILES string of the molecule is CCC1(CC)NC(=O)CN(c2ccc(F)c(F)c2F)C1=O. The molecule has 1 aromatic carbocycles. The number of carbonyl (C=O) groups is 2. The van der Waals surface area contributed by atoms with Crippen LogP contribution in [0.25, 0.3) is 0 Å². The maximum absolute atomic E-state index is 13.9. The molecule has 1 aliphatic heterocycles. The third kappa shape index (κ3) is 2.36. The van der Waals surface area contributed by atoms with Crippen LogP contribution >= 0.6 is 0 Å². The first-order chi connectivity index (χ1) is 9.86. The molecule has 0 bridgehead atoms. The molecular formula is C14H15F3N2O2. The Hall–Kier alpha value is -2.05. The molecule has 114 valence electrons. The molecule has 2 rings (SSSR count). The van der Waals surface area contributed by atoms with Crippen LogP contribution in [0.4, 0.5) is 18.9 Å². The zero-order valence-corrected chi connectivity index (χ0v) is 11.7. The lowest BCUT2D eigenvalue weighted by atomic mass is 9.88. The summed E-state index contributed by atoms with van der Waals surface area (Å²) in [5, 5.41) is 2.60. The first-order valence-electron chi connectivity index (χ1n) is 6.62. The fourth-order valence-corrected chi connectivity index (χ4v) is 2.48.